The average molecular weight is 477 g/mol. The largest absolute Gasteiger partial charge is 0.494 e. The second kappa shape index (κ2) is 10.8. The first kappa shape index (κ1) is 23.2. The number of carbonyl (C=O) groups is 2. The Hall–Kier alpha value is -3.98. The SMILES string of the molecule is CCOc1ccc(-c2csc(=NC(=O)c3ccc(C)nc3)n2CCNC(=O)c2ccoc2)cc1. The van der Waals surface area contributed by atoms with Crippen LogP contribution in [0.2, 0.25) is 0 Å². The lowest BCUT2D eigenvalue weighted by molar-refractivity contribution is 0.0949. The van der Waals surface area contributed by atoms with Gasteiger partial charge in [0.05, 0.1) is 29.7 Å². The molecule has 0 atom stereocenters. The number of nitrogens with one attached hydrogen (secondary N) is 1. The van der Waals surface area contributed by atoms with Crippen molar-refractivity contribution in [2.75, 3.05) is 13.2 Å². The highest BCUT2D eigenvalue weighted by Gasteiger charge is 2.12. The van der Waals surface area contributed by atoms with Crippen molar-refractivity contribution in [3.63, 3.8) is 0 Å². The second-order valence-corrected chi connectivity index (χ2v) is 8.22. The van der Waals surface area contributed by atoms with E-state index in [1.807, 2.05) is 48.1 Å². The van der Waals surface area contributed by atoms with Gasteiger partial charge in [-0.1, -0.05) is 0 Å². The summed E-state index contributed by atoms with van der Waals surface area (Å²) in [5, 5.41) is 4.83. The number of rotatable bonds is 8. The monoisotopic (exact) mass is 476 g/mol. The number of amides is 2. The Morgan fingerprint density at radius 2 is 1.97 bits per heavy atom. The van der Waals surface area contributed by atoms with Gasteiger partial charge < -0.3 is 19.0 Å². The van der Waals surface area contributed by atoms with E-state index >= 15 is 0 Å². The van der Waals surface area contributed by atoms with Gasteiger partial charge >= 0.3 is 0 Å². The fraction of sp³-hybridized carbons (Fsp3) is 0.200. The molecule has 0 radical (unpaired) electrons. The minimum absolute atomic E-state index is 0.229. The summed E-state index contributed by atoms with van der Waals surface area (Å²) in [6, 6.07) is 12.8. The first-order chi connectivity index (χ1) is 16.5. The lowest BCUT2D eigenvalue weighted by Gasteiger charge is -2.11. The summed E-state index contributed by atoms with van der Waals surface area (Å²) in [6.45, 7) is 5.16. The fourth-order valence-corrected chi connectivity index (χ4v) is 4.21. The van der Waals surface area contributed by atoms with Crippen LogP contribution in [0.4, 0.5) is 0 Å². The minimum Gasteiger partial charge on any atom is -0.494 e. The third-order valence-electron chi connectivity index (χ3n) is 5.02. The molecule has 1 N–H and O–H groups in total. The van der Waals surface area contributed by atoms with Gasteiger partial charge in [-0.25, -0.2) is 0 Å². The number of hydrogen-bond acceptors (Lipinski definition) is 6. The summed E-state index contributed by atoms with van der Waals surface area (Å²) < 4.78 is 12.4. The molecule has 4 aromatic rings. The van der Waals surface area contributed by atoms with Crippen molar-refractivity contribution in [2.45, 2.75) is 20.4 Å². The van der Waals surface area contributed by atoms with E-state index in [0.717, 1.165) is 22.7 Å². The Bertz CT molecular complexity index is 1320. The molecule has 0 saturated heterocycles. The summed E-state index contributed by atoms with van der Waals surface area (Å²) >= 11 is 1.36. The molecular formula is C25H24N4O4S. The fourth-order valence-electron chi connectivity index (χ4n) is 3.28. The second-order valence-electron chi connectivity index (χ2n) is 7.39. The van der Waals surface area contributed by atoms with Crippen molar-refractivity contribution in [1.82, 2.24) is 14.9 Å². The van der Waals surface area contributed by atoms with Crippen molar-refractivity contribution >= 4 is 23.2 Å². The predicted molar refractivity (Wildman–Crippen MR) is 129 cm³/mol. The van der Waals surface area contributed by atoms with Crippen LogP contribution in [0.5, 0.6) is 5.75 Å². The number of pyridine rings is 1. The Labute approximate surface area is 200 Å². The molecule has 0 spiro atoms. The topological polar surface area (TPSA) is 98.7 Å². The Balaban J connectivity index is 1.63. The Morgan fingerprint density at radius 1 is 1.15 bits per heavy atom. The maximum Gasteiger partial charge on any atom is 0.281 e. The molecule has 0 aliphatic rings. The molecule has 0 aliphatic carbocycles. The van der Waals surface area contributed by atoms with Crippen LogP contribution in [0, 0.1) is 6.92 Å². The zero-order chi connectivity index (χ0) is 23.9. The van der Waals surface area contributed by atoms with Crippen LogP contribution in [0.15, 0.2) is 76.0 Å². The molecule has 34 heavy (non-hydrogen) atoms. The van der Waals surface area contributed by atoms with E-state index in [-0.39, 0.29) is 11.8 Å². The maximum absolute atomic E-state index is 12.8. The quantitative estimate of drug-likeness (QED) is 0.413. The van der Waals surface area contributed by atoms with E-state index in [9.17, 15) is 9.59 Å². The molecule has 3 aromatic heterocycles. The van der Waals surface area contributed by atoms with Crippen LogP contribution >= 0.6 is 11.3 Å². The molecule has 0 fully saturated rings. The average Bonchev–Trinajstić information content (AvgIpc) is 3.51. The molecule has 4 rings (SSSR count). The lowest BCUT2D eigenvalue weighted by Crippen LogP contribution is -2.30. The molecule has 0 bridgehead atoms. The van der Waals surface area contributed by atoms with E-state index in [4.69, 9.17) is 9.15 Å². The van der Waals surface area contributed by atoms with E-state index in [2.05, 4.69) is 15.3 Å². The highest BCUT2D eigenvalue weighted by atomic mass is 32.1. The zero-order valence-electron chi connectivity index (χ0n) is 18.9. The van der Waals surface area contributed by atoms with Gasteiger partial charge in [0.25, 0.3) is 11.8 Å². The molecule has 0 unspecified atom stereocenters. The van der Waals surface area contributed by atoms with E-state index < -0.39 is 0 Å². The number of benzene rings is 1. The maximum atomic E-state index is 12.8. The highest BCUT2D eigenvalue weighted by molar-refractivity contribution is 7.07. The molecular weight excluding hydrogens is 452 g/mol. The number of thiazole rings is 1. The summed E-state index contributed by atoms with van der Waals surface area (Å²) in [6.07, 6.45) is 4.38. The van der Waals surface area contributed by atoms with E-state index in [1.165, 1.54) is 30.1 Å². The van der Waals surface area contributed by atoms with Crippen LogP contribution in [0.1, 0.15) is 33.3 Å². The normalized spacial score (nSPS) is 11.4. The van der Waals surface area contributed by atoms with Crippen LogP contribution in [0.3, 0.4) is 0 Å². The van der Waals surface area contributed by atoms with Gasteiger partial charge in [0, 0.05) is 30.4 Å². The van der Waals surface area contributed by atoms with Crippen LogP contribution in [-0.4, -0.2) is 34.5 Å². The van der Waals surface area contributed by atoms with Gasteiger partial charge in [-0.3, -0.25) is 14.6 Å². The summed E-state index contributed by atoms with van der Waals surface area (Å²) in [7, 11) is 0. The third-order valence-corrected chi connectivity index (χ3v) is 5.88. The van der Waals surface area contributed by atoms with Crippen molar-refractivity contribution < 1.29 is 18.7 Å². The first-order valence-corrected chi connectivity index (χ1v) is 11.7. The molecule has 3 heterocycles. The van der Waals surface area contributed by atoms with Gasteiger partial charge in [-0.05, 0) is 61.9 Å². The number of furan rings is 1. The zero-order valence-corrected chi connectivity index (χ0v) is 19.7. The van der Waals surface area contributed by atoms with Gasteiger partial charge in [-0.15, -0.1) is 11.3 Å². The predicted octanol–water partition coefficient (Wildman–Crippen LogP) is 4.08. The summed E-state index contributed by atoms with van der Waals surface area (Å²) in [4.78, 5) is 34.1. The van der Waals surface area contributed by atoms with Crippen molar-refractivity contribution in [3.05, 3.63) is 88.2 Å². The summed E-state index contributed by atoms with van der Waals surface area (Å²) in [5.41, 5.74) is 3.54. The lowest BCUT2D eigenvalue weighted by atomic mass is 10.1. The smallest absolute Gasteiger partial charge is 0.281 e. The highest BCUT2D eigenvalue weighted by Crippen LogP contribution is 2.23. The number of hydrogen-bond donors (Lipinski definition) is 1. The Morgan fingerprint density at radius 3 is 2.65 bits per heavy atom. The molecule has 174 valence electrons. The van der Waals surface area contributed by atoms with Crippen LogP contribution in [0.25, 0.3) is 11.3 Å². The number of ether oxygens (including phenoxy) is 1. The Kier molecular flexibility index (Phi) is 7.34. The minimum atomic E-state index is -0.372. The van der Waals surface area contributed by atoms with Crippen LogP contribution in [-0.2, 0) is 6.54 Å². The molecule has 8 nitrogen and oxygen atoms in total. The molecule has 0 saturated carbocycles. The standard InChI is InChI=1S/C25H24N4O4S/c1-3-33-21-8-6-18(7-9-21)22-16-34-25(28-24(31)19-5-4-17(2)27-14-19)29(22)12-11-26-23(30)20-10-13-32-15-20/h4-10,13-16H,3,11-12H2,1-2H3,(H,26,30). The van der Waals surface area contributed by atoms with Crippen molar-refractivity contribution in [3.8, 4) is 17.0 Å². The van der Waals surface area contributed by atoms with Gasteiger partial charge in [0.2, 0.25) is 0 Å². The summed E-state index contributed by atoms with van der Waals surface area (Å²) in [5.74, 6) is 0.184. The van der Waals surface area contributed by atoms with Gasteiger partial charge in [0.1, 0.15) is 12.0 Å². The third kappa shape index (κ3) is 5.49. The molecule has 0 aliphatic heterocycles. The van der Waals surface area contributed by atoms with E-state index in [0.29, 0.717) is 35.6 Å². The molecule has 1 aromatic carbocycles. The van der Waals surface area contributed by atoms with Gasteiger partial charge in [-0.2, -0.15) is 4.99 Å². The van der Waals surface area contributed by atoms with Crippen molar-refractivity contribution in [2.24, 2.45) is 4.99 Å². The van der Waals surface area contributed by atoms with Crippen molar-refractivity contribution in [1.29, 1.82) is 0 Å². The van der Waals surface area contributed by atoms with Crippen LogP contribution < -0.4 is 14.9 Å². The number of nitrogens with zero attached hydrogens (tertiary/aromatic N) is 3. The molecule has 9 heteroatoms. The number of aromatic nitrogens is 2. The number of aryl methyl sites for hydroxylation is 1. The van der Waals surface area contributed by atoms with Gasteiger partial charge in [0.15, 0.2) is 4.80 Å². The molecule has 2 amide bonds. The first-order valence-electron chi connectivity index (χ1n) is 10.8. The number of carbonyl (C=O) groups excluding carboxylic acids is 2. The van der Waals surface area contributed by atoms with E-state index in [1.54, 1.807) is 18.2 Å².